The van der Waals surface area contributed by atoms with Gasteiger partial charge in [0.1, 0.15) is 0 Å². The number of carbonyl (C=O) groups excluding carboxylic acids is 2. The molecule has 3 fully saturated rings. The standard InChI is InChI=1S/C19H26O3/c1-18-7-6-14-13(16(18)17(22)15(21)10-18)4-3-11-9-12(20)5-8-19(11,14)2/h9,12-14,16,20H,3-8,10H2,1-2H3/t12?,13-,14+,16-,18-,19+/m1/s1. The van der Waals surface area contributed by atoms with E-state index in [0.717, 1.165) is 38.5 Å². The van der Waals surface area contributed by atoms with Crippen LogP contribution in [0.4, 0.5) is 0 Å². The van der Waals surface area contributed by atoms with Gasteiger partial charge >= 0.3 is 0 Å². The molecule has 0 aromatic heterocycles. The van der Waals surface area contributed by atoms with E-state index in [1.165, 1.54) is 5.57 Å². The highest BCUT2D eigenvalue weighted by molar-refractivity contribution is 6.40. The molecule has 0 saturated heterocycles. The van der Waals surface area contributed by atoms with Crippen LogP contribution in [0.15, 0.2) is 11.6 Å². The second-order valence-corrected chi connectivity index (χ2v) is 8.66. The van der Waals surface area contributed by atoms with Crippen molar-refractivity contribution < 1.29 is 14.7 Å². The van der Waals surface area contributed by atoms with E-state index in [9.17, 15) is 14.7 Å². The zero-order valence-corrected chi connectivity index (χ0v) is 13.6. The highest BCUT2D eigenvalue weighted by Gasteiger charge is 2.61. The smallest absolute Gasteiger partial charge is 0.202 e. The van der Waals surface area contributed by atoms with Gasteiger partial charge < -0.3 is 5.11 Å². The van der Waals surface area contributed by atoms with Gasteiger partial charge in [0.05, 0.1) is 6.10 Å². The average molecular weight is 302 g/mol. The molecule has 4 rings (SSSR count). The van der Waals surface area contributed by atoms with E-state index >= 15 is 0 Å². The molecule has 3 nitrogen and oxygen atoms in total. The first-order valence-corrected chi connectivity index (χ1v) is 8.81. The van der Waals surface area contributed by atoms with Crippen molar-refractivity contribution >= 4 is 11.6 Å². The summed E-state index contributed by atoms with van der Waals surface area (Å²) in [6.45, 7) is 4.50. The minimum Gasteiger partial charge on any atom is -0.389 e. The SMILES string of the molecule is C[C@]12CC[C@H]3[C@@H](CCC4=CC(O)CC[C@@]43C)[C@@H]1C(=O)C(=O)C2. The Balaban J connectivity index is 1.72. The average Bonchev–Trinajstić information content (AvgIpc) is 2.70. The van der Waals surface area contributed by atoms with Gasteiger partial charge in [-0.2, -0.15) is 0 Å². The van der Waals surface area contributed by atoms with E-state index in [1.54, 1.807) is 0 Å². The van der Waals surface area contributed by atoms with E-state index in [-0.39, 0.29) is 34.4 Å². The summed E-state index contributed by atoms with van der Waals surface area (Å²) in [5.74, 6) is 0.634. The Morgan fingerprint density at radius 3 is 2.68 bits per heavy atom. The lowest BCUT2D eigenvalue weighted by Crippen LogP contribution is -2.51. The van der Waals surface area contributed by atoms with E-state index in [2.05, 4.69) is 19.9 Å². The third-order valence-electron chi connectivity index (χ3n) is 7.50. The highest BCUT2D eigenvalue weighted by Crippen LogP contribution is 2.64. The zero-order valence-electron chi connectivity index (χ0n) is 13.6. The van der Waals surface area contributed by atoms with E-state index in [1.807, 2.05) is 0 Å². The second-order valence-electron chi connectivity index (χ2n) is 8.66. The van der Waals surface area contributed by atoms with Gasteiger partial charge in [-0.05, 0) is 61.2 Å². The number of hydrogen-bond donors (Lipinski definition) is 1. The molecule has 1 unspecified atom stereocenters. The van der Waals surface area contributed by atoms with Crippen molar-refractivity contribution in [2.24, 2.45) is 28.6 Å². The monoisotopic (exact) mass is 302 g/mol. The molecule has 3 heteroatoms. The lowest BCUT2D eigenvalue weighted by molar-refractivity contribution is -0.139. The van der Waals surface area contributed by atoms with Crippen molar-refractivity contribution in [3.8, 4) is 0 Å². The number of aliphatic hydroxyl groups excluding tert-OH is 1. The van der Waals surface area contributed by atoms with Crippen LogP contribution in [0, 0.1) is 28.6 Å². The van der Waals surface area contributed by atoms with Crippen LogP contribution in [-0.2, 0) is 9.59 Å². The maximum atomic E-state index is 12.5. The van der Waals surface area contributed by atoms with Gasteiger partial charge in [-0.25, -0.2) is 0 Å². The lowest BCUT2D eigenvalue weighted by atomic mass is 9.47. The second kappa shape index (κ2) is 4.53. The number of Topliss-reactive ketones (excluding diaryl/α,β-unsaturated/α-hetero) is 2. The number of ketones is 2. The Bertz CT molecular complexity index is 577. The molecule has 4 aliphatic rings. The lowest BCUT2D eigenvalue weighted by Gasteiger charge is -2.56. The van der Waals surface area contributed by atoms with Crippen LogP contribution in [0.2, 0.25) is 0 Å². The number of allylic oxidation sites excluding steroid dienone is 1. The molecule has 0 heterocycles. The van der Waals surface area contributed by atoms with Crippen LogP contribution < -0.4 is 0 Å². The van der Waals surface area contributed by atoms with Crippen LogP contribution >= 0.6 is 0 Å². The summed E-state index contributed by atoms with van der Waals surface area (Å²) < 4.78 is 0. The maximum Gasteiger partial charge on any atom is 0.202 e. The molecule has 0 radical (unpaired) electrons. The number of aliphatic hydroxyl groups is 1. The molecule has 4 aliphatic carbocycles. The van der Waals surface area contributed by atoms with Gasteiger partial charge in [-0.1, -0.05) is 25.5 Å². The summed E-state index contributed by atoms with van der Waals surface area (Å²) in [5, 5.41) is 9.95. The van der Waals surface area contributed by atoms with Gasteiger partial charge in [-0.3, -0.25) is 9.59 Å². The Hall–Kier alpha value is -0.960. The van der Waals surface area contributed by atoms with Crippen LogP contribution in [0.5, 0.6) is 0 Å². The predicted octanol–water partition coefficient (Wildman–Crippen LogP) is 3.06. The van der Waals surface area contributed by atoms with Crippen molar-refractivity contribution in [2.75, 3.05) is 0 Å². The van der Waals surface area contributed by atoms with Crippen LogP contribution in [0.25, 0.3) is 0 Å². The number of fused-ring (bicyclic) bond motifs is 5. The Morgan fingerprint density at radius 1 is 1.14 bits per heavy atom. The molecule has 1 N–H and O–H groups in total. The Kier molecular flexibility index (Phi) is 3.01. The third-order valence-corrected chi connectivity index (χ3v) is 7.50. The predicted molar refractivity (Wildman–Crippen MR) is 83.1 cm³/mol. The maximum absolute atomic E-state index is 12.5. The van der Waals surface area contributed by atoms with Crippen molar-refractivity contribution in [3.63, 3.8) is 0 Å². The number of rotatable bonds is 0. The van der Waals surface area contributed by atoms with Gasteiger partial charge in [0.2, 0.25) is 5.78 Å². The normalized spacial score (nSPS) is 51.0. The van der Waals surface area contributed by atoms with E-state index < -0.39 is 0 Å². The summed E-state index contributed by atoms with van der Waals surface area (Å²) in [5.41, 5.74) is 1.46. The molecule has 0 aromatic rings. The minimum absolute atomic E-state index is 0.0380. The quantitative estimate of drug-likeness (QED) is 0.553. The molecule has 120 valence electrons. The van der Waals surface area contributed by atoms with Crippen molar-refractivity contribution in [3.05, 3.63) is 11.6 Å². The third kappa shape index (κ3) is 1.78. The molecule has 0 aromatic carbocycles. The van der Waals surface area contributed by atoms with Crippen LogP contribution in [-0.4, -0.2) is 22.8 Å². The summed E-state index contributed by atoms with van der Waals surface area (Å²) in [6.07, 6.45) is 8.24. The fraction of sp³-hybridized carbons (Fsp3) is 0.789. The first kappa shape index (κ1) is 14.6. The summed E-state index contributed by atoms with van der Waals surface area (Å²) in [6, 6.07) is 0. The van der Waals surface area contributed by atoms with Crippen molar-refractivity contribution in [1.29, 1.82) is 0 Å². The summed E-state index contributed by atoms with van der Waals surface area (Å²) >= 11 is 0. The highest BCUT2D eigenvalue weighted by atomic mass is 16.3. The summed E-state index contributed by atoms with van der Waals surface area (Å²) in [4.78, 5) is 24.5. The molecule has 6 atom stereocenters. The molecule has 0 spiro atoms. The Morgan fingerprint density at radius 2 is 1.91 bits per heavy atom. The van der Waals surface area contributed by atoms with Crippen LogP contribution in [0.3, 0.4) is 0 Å². The topological polar surface area (TPSA) is 54.4 Å². The molecule has 0 aliphatic heterocycles. The van der Waals surface area contributed by atoms with Gasteiger partial charge in [0, 0.05) is 12.3 Å². The van der Waals surface area contributed by atoms with E-state index in [4.69, 9.17) is 0 Å². The number of carbonyl (C=O) groups is 2. The summed E-state index contributed by atoms with van der Waals surface area (Å²) in [7, 11) is 0. The van der Waals surface area contributed by atoms with Crippen molar-refractivity contribution in [2.45, 2.75) is 64.9 Å². The molecule has 0 bridgehead atoms. The molecule has 22 heavy (non-hydrogen) atoms. The largest absolute Gasteiger partial charge is 0.389 e. The number of hydrogen-bond acceptors (Lipinski definition) is 3. The fourth-order valence-electron chi connectivity index (χ4n) is 6.33. The molecular weight excluding hydrogens is 276 g/mol. The zero-order chi connectivity index (χ0) is 15.7. The van der Waals surface area contributed by atoms with Gasteiger partial charge in [-0.15, -0.1) is 0 Å². The Labute approximate surface area is 132 Å². The minimum atomic E-state index is -0.289. The van der Waals surface area contributed by atoms with Gasteiger partial charge in [0.15, 0.2) is 5.78 Å². The molecule has 3 saturated carbocycles. The van der Waals surface area contributed by atoms with Crippen LogP contribution in [0.1, 0.15) is 58.8 Å². The van der Waals surface area contributed by atoms with Gasteiger partial charge in [0.25, 0.3) is 0 Å². The first-order valence-electron chi connectivity index (χ1n) is 8.81. The fourth-order valence-corrected chi connectivity index (χ4v) is 6.33. The molecular formula is C19H26O3. The van der Waals surface area contributed by atoms with E-state index in [0.29, 0.717) is 18.3 Å². The first-order chi connectivity index (χ1) is 10.3. The van der Waals surface area contributed by atoms with Crippen molar-refractivity contribution in [1.82, 2.24) is 0 Å². The molecule has 0 amide bonds.